The second-order valence-electron chi connectivity index (χ2n) is 4.74. The molecular weight excluding hydrogens is 310 g/mol. The van der Waals surface area contributed by atoms with E-state index in [4.69, 9.17) is 0 Å². The lowest BCUT2D eigenvalue weighted by Crippen LogP contribution is -2.56. The topological polar surface area (TPSA) is 43.9 Å². The molecule has 1 saturated heterocycles. The van der Waals surface area contributed by atoms with Crippen LogP contribution in [0.15, 0.2) is 22.7 Å². The minimum atomic E-state index is -0.0817. The van der Waals surface area contributed by atoms with E-state index in [2.05, 4.69) is 15.9 Å². The van der Waals surface area contributed by atoms with Gasteiger partial charge in [-0.1, -0.05) is 12.1 Å². The van der Waals surface area contributed by atoms with Gasteiger partial charge in [-0.2, -0.15) is 0 Å². The van der Waals surface area contributed by atoms with Crippen LogP contribution in [-0.4, -0.2) is 54.1 Å². The van der Waals surface area contributed by atoms with Crippen molar-refractivity contribution in [1.29, 1.82) is 0 Å². The molecule has 0 unspecified atom stereocenters. The maximum Gasteiger partial charge on any atom is 0.322 e. The highest BCUT2D eigenvalue weighted by Crippen LogP contribution is 2.23. The quantitative estimate of drug-likeness (QED) is 0.793. The number of urea groups is 1. The minimum absolute atomic E-state index is 0.0765. The predicted octanol–water partition coefficient (Wildman–Crippen LogP) is 2.11. The van der Waals surface area contributed by atoms with Gasteiger partial charge < -0.3 is 14.7 Å². The van der Waals surface area contributed by atoms with E-state index in [-0.39, 0.29) is 11.9 Å². The number of nitrogens with zero attached hydrogens (tertiary/aromatic N) is 3. The fourth-order valence-electron chi connectivity index (χ4n) is 2.08. The third-order valence-corrected chi connectivity index (χ3v) is 4.18. The highest BCUT2D eigenvalue weighted by Gasteiger charge is 2.29. The molecule has 0 aromatic heterocycles. The van der Waals surface area contributed by atoms with E-state index < -0.39 is 0 Å². The Morgan fingerprint density at radius 2 is 1.79 bits per heavy atom. The molecule has 0 aliphatic carbocycles. The largest absolute Gasteiger partial charge is 0.322 e. The Bertz CT molecular complexity index is 519. The normalized spacial score (nSPS) is 16.0. The summed E-state index contributed by atoms with van der Waals surface area (Å²) < 4.78 is 0.808. The smallest absolute Gasteiger partial charge is 0.310 e. The van der Waals surface area contributed by atoms with Gasteiger partial charge in [0.05, 0.1) is 18.9 Å². The van der Waals surface area contributed by atoms with Crippen LogP contribution < -0.4 is 0 Å². The lowest BCUT2D eigenvalue weighted by molar-refractivity contribution is 0.0390. The number of benzene rings is 1. The zero-order valence-electron chi connectivity index (χ0n) is 11.2. The first kappa shape index (κ1) is 13.9. The zero-order chi connectivity index (χ0) is 14.2. The Balaban J connectivity index is 2.25. The van der Waals surface area contributed by atoms with Gasteiger partial charge in [-0.15, -0.1) is 0 Å². The van der Waals surface area contributed by atoms with Gasteiger partial charge in [0.15, 0.2) is 0 Å². The molecule has 6 heteroatoms. The van der Waals surface area contributed by atoms with Crippen molar-refractivity contribution in [2.45, 2.75) is 6.92 Å². The first-order chi connectivity index (χ1) is 8.91. The van der Waals surface area contributed by atoms with Gasteiger partial charge in [0.1, 0.15) is 0 Å². The van der Waals surface area contributed by atoms with Gasteiger partial charge in [-0.25, -0.2) is 4.79 Å². The molecule has 0 atom stereocenters. The van der Waals surface area contributed by atoms with E-state index in [1.54, 1.807) is 25.1 Å². The Morgan fingerprint density at radius 3 is 2.37 bits per heavy atom. The van der Waals surface area contributed by atoms with Crippen LogP contribution >= 0.6 is 15.9 Å². The van der Waals surface area contributed by atoms with E-state index in [0.29, 0.717) is 18.9 Å². The molecule has 1 aliphatic heterocycles. The fraction of sp³-hybridized carbons (Fsp3) is 0.385. The van der Waals surface area contributed by atoms with Crippen molar-refractivity contribution in [2.24, 2.45) is 0 Å². The van der Waals surface area contributed by atoms with Gasteiger partial charge in [0.25, 0.3) is 5.91 Å². The molecule has 1 aliphatic rings. The number of hydrogen-bond acceptors (Lipinski definition) is 2. The summed E-state index contributed by atoms with van der Waals surface area (Å²) >= 11 is 3.45. The molecule has 3 amide bonds. The van der Waals surface area contributed by atoms with Crippen LogP contribution in [0.1, 0.15) is 15.9 Å². The molecule has 1 aromatic carbocycles. The summed E-state index contributed by atoms with van der Waals surface area (Å²) in [5, 5.41) is 0. The predicted molar refractivity (Wildman–Crippen MR) is 75.7 cm³/mol. The van der Waals surface area contributed by atoms with Crippen LogP contribution in [0.25, 0.3) is 0 Å². The molecule has 2 rings (SSSR count). The van der Waals surface area contributed by atoms with E-state index in [1.807, 2.05) is 19.1 Å². The summed E-state index contributed by atoms with van der Waals surface area (Å²) in [4.78, 5) is 28.8. The van der Waals surface area contributed by atoms with E-state index in [9.17, 15) is 9.59 Å². The fourth-order valence-corrected chi connectivity index (χ4v) is 2.51. The number of carbonyl (C=O) groups is 2. The van der Waals surface area contributed by atoms with Crippen molar-refractivity contribution >= 4 is 27.9 Å². The summed E-state index contributed by atoms with van der Waals surface area (Å²) in [6.45, 7) is 2.56. The minimum Gasteiger partial charge on any atom is -0.310 e. The molecule has 0 spiro atoms. The summed E-state index contributed by atoms with van der Waals surface area (Å²) in [7, 11) is 3.37. The monoisotopic (exact) mass is 325 g/mol. The van der Waals surface area contributed by atoms with Crippen molar-refractivity contribution in [2.75, 3.05) is 27.4 Å². The van der Waals surface area contributed by atoms with Crippen molar-refractivity contribution in [3.63, 3.8) is 0 Å². The van der Waals surface area contributed by atoms with Gasteiger partial charge in [0, 0.05) is 18.6 Å². The third kappa shape index (κ3) is 2.58. The van der Waals surface area contributed by atoms with E-state index in [0.717, 1.165) is 10.0 Å². The summed E-state index contributed by atoms with van der Waals surface area (Å²) in [5.74, 6) is -0.0817. The van der Waals surface area contributed by atoms with Crippen molar-refractivity contribution in [3.05, 3.63) is 33.8 Å². The van der Waals surface area contributed by atoms with Gasteiger partial charge in [-0.05, 0) is 34.5 Å². The molecule has 1 aromatic rings. The van der Waals surface area contributed by atoms with Crippen LogP contribution in [0.5, 0.6) is 0 Å². The lowest BCUT2D eigenvalue weighted by atomic mass is 10.1. The number of hydrogen-bond donors (Lipinski definition) is 0. The Labute approximate surface area is 120 Å². The van der Waals surface area contributed by atoms with Crippen LogP contribution in [0.3, 0.4) is 0 Å². The van der Waals surface area contributed by atoms with Crippen LogP contribution in [0.4, 0.5) is 4.79 Å². The number of halogens is 1. The van der Waals surface area contributed by atoms with Crippen LogP contribution in [0.2, 0.25) is 0 Å². The Hall–Kier alpha value is -1.56. The third-order valence-electron chi connectivity index (χ3n) is 3.13. The maximum atomic E-state index is 12.5. The second kappa shape index (κ2) is 5.21. The first-order valence-electron chi connectivity index (χ1n) is 5.92. The van der Waals surface area contributed by atoms with Gasteiger partial charge >= 0.3 is 6.03 Å². The standard InChI is InChI=1S/C13H16BrN3O2/c1-9-5-4-6-10(11(9)14)12(18)17-7-15(2)13(19)16(3)8-17/h4-6H,7-8H2,1-3H3. The molecule has 1 fully saturated rings. The Kier molecular flexibility index (Phi) is 3.80. The Morgan fingerprint density at radius 1 is 1.21 bits per heavy atom. The first-order valence-corrected chi connectivity index (χ1v) is 6.71. The SMILES string of the molecule is Cc1cccc(C(=O)N2CN(C)C(=O)N(C)C2)c1Br. The number of carbonyl (C=O) groups excluding carboxylic acids is 2. The second-order valence-corrected chi connectivity index (χ2v) is 5.54. The van der Waals surface area contributed by atoms with Crippen molar-refractivity contribution in [1.82, 2.24) is 14.7 Å². The number of aryl methyl sites for hydroxylation is 1. The van der Waals surface area contributed by atoms with Crippen LogP contribution in [-0.2, 0) is 0 Å². The molecule has 0 bridgehead atoms. The highest BCUT2D eigenvalue weighted by atomic mass is 79.9. The van der Waals surface area contributed by atoms with Crippen LogP contribution in [0, 0.1) is 6.92 Å². The van der Waals surface area contributed by atoms with Crippen molar-refractivity contribution in [3.8, 4) is 0 Å². The molecule has 0 N–H and O–H groups in total. The molecular formula is C13H16BrN3O2. The van der Waals surface area contributed by atoms with Crippen molar-refractivity contribution < 1.29 is 9.59 Å². The zero-order valence-corrected chi connectivity index (χ0v) is 12.8. The average Bonchev–Trinajstić information content (AvgIpc) is 2.38. The summed E-state index contributed by atoms with van der Waals surface area (Å²) in [6.07, 6.45) is 0. The number of rotatable bonds is 1. The summed E-state index contributed by atoms with van der Waals surface area (Å²) in [6, 6.07) is 5.51. The lowest BCUT2D eigenvalue weighted by Gasteiger charge is -2.38. The molecule has 0 radical (unpaired) electrons. The van der Waals surface area contributed by atoms with E-state index >= 15 is 0 Å². The molecule has 0 saturated carbocycles. The van der Waals surface area contributed by atoms with E-state index in [1.165, 1.54) is 9.80 Å². The molecule has 1 heterocycles. The maximum absolute atomic E-state index is 12.5. The molecule has 19 heavy (non-hydrogen) atoms. The molecule has 102 valence electrons. The average molecular weight is 326 g/mol. The number of amides is 3. The summed E-state index contributed by atoms with van der Waals surface area (Å²) in [5.41, 5.74) is 1.64. The highest BCUT2D eigenvalue weighted by molar-refractivity contribution is 9.10. The van der Waals surface area contributed by atoms with Gasteiger partial charge in [-0.3, -0.25) is 4.79 Å². The van der Waals surface area contributed by atoms with Gasteiger partial charge in [0.2, 0.25) is 0 Å². The molecule has 5 nitrogen and oxygen atoms in total.